The zero-order chi connectivity index (χ0) is 21.3. The summed E-state index contributed by atoms with van der Waals surface area (Å²) in [5.41, 5.74) is 1.84. The van der Waals surface area contributed by atoms with Crippen LogP contribution in [0.3, 0.4) is 0 Å². The van der Waals surface area contributed by atoms with E-state index in [0.29, 0.717) is 36.2 Å². The van der Waals surface area contributed by atoms with E-state index in [-0.39, 0.29) is 5.91 Å². The van der Waals surface area contributed by atoms with Gasteiger partial charge in [0, 0.05) is 45.0 Å². The molecule has 30 heavy (non-hydrogen) atoms. The van der Waals surface area contributed by atoms with Crippen molar-refractivity contribution >= 4 is 23.6 Å². The van der Waals surface area contributed by atoms with Crippen LogP contribution in [0.1, 0.15) is 24.6 Å². The van der Waals surface area contributed by atoms with Crippen LogP contribution in [0.5, 0.6) is 11.5 Å². The molecule has 0 N–H and O–H groups in total. The summed E-state index contributed by atoms with van der Waals surface area (Å²) in [4.78, 5) is 21.2. The summed E-state index contributed by atoms with van der Waals surface area (Å²) in [6.07, 6.45) is 6.04. The maximum absolute atomic E-state index is 12.6. The lowest BCUT2D eigenvalue weighted by atomic mass is 10.1. The second kappa shape index (κ2) is 11.0. The van der Waals surface area contributed by atoms with Crippen LogP contribution in [0.4, 0.5) is 0 Å². The fraction of sp³-hybridized carbons (Fsp3) is 0.391. The van der Waals surface area contributed by atoms with Crippen molar-refractivity contribution in [3.05, 3.63) is 58.9 Å². The number of pyridine rings is 1. The van der Waals surface area contributed by atoms with Crippen molar-refractivity contribution in [2.24, 2.45) is 0 Å². The minimum atomic E-state index is -0.00566. The number of benzene rings is 1. The van der Waals surface area contributed by atoms with E-state index in [0.717, 1.165) is 37.3 Å². The third-order valence-corrected chi connectivity index (χ3v) is 5.20. The van der Waals surface area contributed by atoms with Crippen molar-refractivity contribution in [1.29, 1.82) is 0 Å². The molecule has 0 saturated carbocycles. The van der Waals surface area contributed by atoms with E-state index in [1.807, 2.05) is 42.3 Å². The van der Waals surface area contributed by atoms with Crippen LogP contribution in [0.2, 0.25) is 5.02 Å². The molecule has 0 bridgehead atoms. The summed E-state index contributed by atoms with van der Waals surface area (Å²) < 4.78 is 11.1. The van der Waals surface area contributed by atoms with Crippen molar-refractivity contribution in [2.75, 3.05) is 39.9 Å². The van der Waals surface area contributed by atoms with Crippen LogP contribution < -0.4 is 9.47 Å². The van der Waals surface area contributed by atoms with Crippen molar-refractivity contribution in [1.82, 2.24) is 14.8 Å². The molecule has 1 saturated heterocycles. The predicted octanol–water partition coefficient (Wildman–Crippen LogP) is 3.89. The van der Waals surface area contributed by atoms with Gasteiger partial charge in [-0.2, -0.15) is 0 Å². The van der Waals surface area contributed by atoms with Crippen LogP contribution in [0.25, 0.3) is 6.08 Å². The Kier molecular flexibility index (Phi) is 8.11. The number of amides is 1. The smallest absolute Gasteiger partial charge is 0.246 e. The first kappa shape index (κ1) is 22.1. The van der Waals surface area contributed by atoms with Gasteiger partial charge in [0.15, 0.2) is 11.5 Å². The van der Waals surface area contributed by atoms with Gasteiger partial charge < -0.3 is 14.4 Å². The average molecular weight is 430 g/mol. The molecule has 0 radical (unpaired) electrons. The number of hydrogen-bond acceptors (Lipinski definition) is 5. The van der Waals surface area contributed by atoms with Gasteiger partial charge in [-0.05, 0) is 42.3 Å². The van der Waals surface area contributed by atoms with Crippen molar-refractivity contribution < 1.29 is 14.3 Å². The molecule has 0 aliphatic carbocycles. The van der Waals surface area contributed by atoms with E-state index >= 15 is 0 Å². The first-order valence-corrected chi connectivity index (χ1v) is 10.6. The highest BCUT2D eigenvalue weighted by Crippen LogP contribution is 2.36. The molecule has 0 atom stereocenters. The van der Waals surface area contributed by atoms with Gasteiger partial charge in [0.1, 0.15) is 0 Å². The Balaban J connectivity index is 1.56. The first-order valence-electron chi connectivity index (χ1n) is 10.2. The fourth-order valence-electron chi connectivity index (χ4n) is 3.30. The fourth-order valence-corrected chi connectivity index (χ4v) is 3.57. The highest BCUT2D eigenvalue weighted by molar-refractivity contribution is 6.32. The maximum atomic E-state index is 12.6. The lowest BCUT2D eigenvalue weighted by Crippen LogP contribution is -2.47. The molecule has 7 heteroatoms. The van der Waals surface area contributed by atoms with Crippen molar-refractivity contribution in [2.45, 2.75) is 19.9 Å². The number of ether oxygens (including phenoxy) is 2. The van der Waals surface area contributed by atoms with E-state index in [2.05, 4.69) is 9.88 Å². The second-order valence-electron chi connectivity index (χ2n) is 7.14. The normalized spacial score (nSPS) is 14.8. The monoisotopic (exact) mass is 429 g/mol. The summed E-state index contributed by atoms with van der Waals surface area (Å²) in [5.74, 6) is 1.09. The minimum absolute atomic E-state index is 0.00566. The minimum Gasteiger partial charge on any atom is -0.493 e. The van der Waals surface area contributed by atoms with E-state index in [9.17, 15) is 4.79 Å². The molecule has 1 fully saturated rings. The van der Waals surface area contributed by atoms with Crippen LogP contribution >= 0.6 is 11.6 Å². The average Bonchev–Trinajstić information content (AvgIpc) is 2.77. The van der Waals surface area contributed by atoms with Gasteiger partial charge in [0.2, 0.25) is 5.91 Å². The number of carbonyl (C=O) groups is 1. The number of carbonyl (C=O) groups excluding carboxylic acids is 1. The number of piperazine rings is 1. The number of methoxy groups -OCH3 is 1. The Labute approximate surface area is 183 Å². The molecular weight excluding hydrogens is 402 g/mol. The molecule has 0 unspecified atom stereocenters. The molecule has 1 aromatic carbocycles. The van der Waals surface area contributed by atoms with Gasteiger partial charge in [-0.1, -0.05) is 24.6 Å². The molecule has 1 aliphatic rings. The van der Waals surface area contributed by atoms with Gasteiger partial charge in [-0.3, -0.25) is 14.7 Å². The van der Waals surface area contributed by atoms with Gasteiger partial charge in [0.25, 0.3) is 0 Å². The predicted molar refractivity (Wildman–Crippen MR) is 119 cm³/mol. The topological polar surface area (TPSA) is 54.9 Å². The van der Waals surface area contributed by atoms with Crippen LogP contribution in [-0.2, 0) is 11.3 Å². The molecule has 0 spiro atoms. The lowest BCUT2D eigenvalue weighted by Gasteiger charge is -2.34. The van der Waals surface area contributed by atoms with Crippen LogP contribution in [0.15, 0.2) is 42.6 Å². The molecule has 1 aliphatic heterocycles. The van der Waals surface area contributed by atoms with Crippen LogP contribution in [0, 0.1) is 0 Å². The van der Waals surface area contributed by atoms with Crippen molar-refractivity contribution in [3.8, 4) is 11.5 Å². The molecular formula is C23H28ClN3O3. The Morgan fingerprint density at radius 3 is 2.70 bits per heavy atom. The third-order valence-electron chi connectivity index (χ3n) is 4.92. The number of rotatable bonds is 8. The van der Waals surface area contributed by atoms with Gasteiger partial charge >= 0.3 is 0 Å². The summed E-state index contributed by atoms with van der Waals surface area (Å²) in [7, 11) is 1.58. The highest BCUT2D eigenvalue weighted by atomic mass is 35.5. The quantitative estimate of drug-likeness (QED) is 0.596. The molecule has 2 aromatic rings. The SMILES string of the molecule is CCCOc1c(Cl)cc(/C=C/C(=O)N2CCN(Cc3ccccn3)CC2)cc1OC. The molecule has 2 heterocycles. The second-order valence-corrected chi connectivity index (χ2v) is 7.55. The molecule has 6 nitrogen and oxygen atoms in total. The Morgan fingerprint density at radius 1 is 1.23 bits per heavy atom. The summed E-state index contributed by atoms with van der Waals surface area (Å²) in [6.45, 7) is 6.47. The van der Waals surface area contributed by atoms with Crippen molar-refractivity contribution in [3.63, 3.8) is 0 Å². The maximum Gasteiger partial charge on any atom is 0.246 e. The lowest BCUT2D eigenvalue weighted by molar-refractivity contribution is -0.127. The number of aromatic nitrogens is 1. The third kappa shape index (κ3) is 5.97. The Hall–Kier alpha value is -2.57. The van der Waals surface area contributed by atoms with E-state index < -0.39 is 0 Å². The van der Waals surface area contributed by atoms with Crippen LogP contribution in [-0.4, -0.2) is 60.6 Å². The number of halogens is 1. The van der Waals surface area contributed by atoms with Gasteiger partial charge in [-0.25, -0.2) is 0 Å². The van der Waals surface area contributed by atoms with E-state index in [1.165, 1.54) is 0 Å². The molecule has 160 valence electrons. The zero-order valence-corrected chi connectivity index (χ0v) is 18.3. The highest BCUT2D eigenvalue weighted by Gasteiger charge is 2.20. The van der Waals surface area contributed by atoms with E-state index in [1.54, 1.807) is 25.3 Å². The van der Waals surface area contributed by atoms with Gasteiger partial charge in [-0.15, -0.1) is 0 Å². The Bertz CT molecular complexity index is 865. The van der Waals surface area contributed by atoms with E-state index in [4.69, 9.17) is 21.1 Å². The summed E-state index contributed by atoms with van der Waals surface area (Å²) >= 11 is 6.35. The standard InChI is InChI=1S/C23H28ClN3O3/c1-3-14-30-23-20(24)15-18(16-21(23)29-2)7-8-22(28)27-12-10-26(11-13-27)17-19-6-4-5-9-25-19/h4-9,15-16H,3,10-14,17H2,1-2H3/b8-7+. The Morgan fingerprint density at radius 2 is 2.03 bits per heavy atom. The molecule has 1 amide bonds. The summed E-state index contributed by atoms with van der Waals surface area (Å²) in [5, 5.41) is 0.470. The largest absolute Gasteiger partial charge is 0.493 e. The van der Waals surface area contributed by atoms with Gasteiger partial charge in [0.05, 0.1) is 24.4 Å². The number of nitrogens with zero attached hydrogens (tertiary/aromatic N) is 3. The molecule has 3 rings (SSSR count). The zero-order valence-electron chi connectivity index (χ0n) is 17.5. The number of hydrogen-bond donors (Lipinski definition) is 0. The molecule has 1 aromatic heterocycles. The summed E-state index contributed by atoms with van der Waals surface area (Å²) in [6, 6.07) is 9.55. The first-order chi connectivity index (χ1) is 14.6.